The number of fused-ring (bicyclic) bond motifs is 1. The molecule has 0 spiro atoms. The molecule has 0 radical (unpaired) electrons. The molecule has 192 valence electrons. The van der Waals surface area contributed by atoms with Crippen LogP contribution in [0.4, 0.5) is 5.69 Å². The van der Waals surface area contributed by atoms with Gasteiger partial charge < -0.3 is 9.30 Å². The van der Waals surface area contributed by atoms with Gasteiger partial charge in [0.2, 0.25) is 0 Å². The van der Waals surface area contributed by atoms with E-state index in [1.165, 1.54) is 28.0 Å². The maximum absolute atomic E-state index is 13.8. The van der Waals surface area contributed by atoms with E-state index in [4.69, 9.17) is 16.3 Å². The number of thiazole rings is 1. The summed E-state index contributed by atoms with van der Waals surface area (Å²) >= 11 is 7.32. The van der Waals surface area contributed by atoms with Crippen LogP contribution in [0.2, 0.25) is 5.02 Å². The van der Waals surface area contributed by atoms with Crippen LogP contribution >= 0.6 is 22.9 Å². The average molecular weight is 549 g/mol. The lowest BCUT2D eigenvalue weighted by atomic mass is 9.96. The number of esters is 1. The summed E-state index contributed by atoms with van der Waals surface area (Å²) in [6, 6.07) is 16.1. The van der Waals surface area contributed by atoms with E-state index >= 15 is 0 Å². The molecule has 2 aromatic heterocycles. The van der Waals surface area contributed by atoms with Gasteiger partial charge in [-0.05, 0) is 61.9 Å². The lowest BCUT2D eigenvalue weighted by Gasteiger charge is -2.24. The van der Waals surface area contributed by atoms with Crippen LogP contribution in [0.3, 0.4) is 0 Å². The Kier molecular flexibility index (Phi) is 6.83. The molecule has 0 fully saturated rings. The van der Waals surface area contributed by atoms with Gasteiger partial charge >= 0.3 is 5.97 Å². The number of benzene rings is 2. The van der Waals surface area contributed by atoms with Crippen molar-refractivity contribution >= 4 is 40.7 Å². The highest BCUT2D eigenvalue weighted by Crippen LogP contribution is 2.31. The number of non-ortho nitro benzene ring substituents is 1. The molecule has 0 unspecified atom stereocenters. The summed E-state index contributed by atoms with van der Waals surface area (Å²) in [5.41, 5.74) is 2.57. The summed E-state index contributed by atoms with van der Waals surface area (Å²) in [7, 11) is 0. The topological polar surface area (TPSA) is 109 Å². The summed E-state index contributed by atoms with van der Waals surface area (Å²) in [6.45, 7) is 3.64. The van der Waals surface area contributed by atoms with Gasteiger partial charge in [0, 0.05) is 34.7 Å². The summed E-state index contributed by atoms with van der Waals surface area (Å²) in [4.78, 5) is 42.4. The Hall–Kier alpha value is -4.28. The molecule has 11 heteroatoms. The predicted molar refractivity (Wildman–Crippen MR) is 144 cm³/mol. The molecule has 2 aromatic carbocycles. The minimum absolute atomic E-state index is 0.00858. The number of ether oxygens (including phenoxy) is 1. The average Bonchev–Trinajstić information content (AvgIpc) is 3.48. The van der Waals surface area contributed by atoms with Crippen LogP contribution in [0.1, 0.15) is 31.1 Å². The molecule has 1 aliphatic heterocycles. The first kappa shape index (κ1) is 25.4. The number of carbonyl (C=O) groups is 1. The largest absolute Gasteiger partial charge is 0.463 e. The van der Waals surface area contributed by atoms with Crippen LogP contribution in [0, 0.1) is 10.1 Å². The normalized spacial score (nSPS) is 15.2. The predicted octanol–water partition coefficient (Wildman–Crippen LogP) is 4.15. The van der Waals surface area contributed by atoms with E-state index in [0.29, 0.717) is 42.6 Å². The standard InChI is InChI=1S/C27H21ClN4O5S/c1-3-37-26(34)23-16(2)29-27-31(24(23)17-6-8-18(28)9-7-17)25(33)22(38-27)15-21-5-4-14-30(21)19-10-12-20(13-11-19)32(35)36/h4-15,24H,3H2,1-2H3/b22-15-/t24-/m1/s1. The number of nitro groups is 1. The number of rotatable bonds is 6. The van der Waals surface area contributed by atoms with Gasteiger partial charge in [-0.25, -0.2) is 9.79 Å². The molecule has 0 aliphatic carbocycles. The summed E-state index contributed by atoms with van der Waals surface area (Å²) in [5, 5.41) is 11.6. The fourth-order valence-electron chi connectivity index (χ4n) is 4.37. The number of nitro benzene ring substituents is 1. The second-order valence-electron chi connectivity index (χ2n) is 8.43. The van der Waals surface area contributed by atoms with Crippen molar-refractivity contribution in [1.82, 2.24) is 9.13 Å². The monoisotopic (exact) mass is 548 g/mol. The Morgan fingerprint density at radius 2 is 1.89 bits per heavy atom. The number of allylic oxidation sites excluding steroid dienone is 1. The maximum Gasteiger partial charge on any atom is 0.338 e. The second-order valence-corrected chi connectivity index (χ2v) is 9.88. The molecule has 5 rings (SSSR count). The van der Waals surface area contributed by atoms with E-state index in [9.17, 15) is 19.7 Å². The Balaban J connectivity index is 1.66. The first-order valence-electron chi connectivity index (χ1n) is 11.7. The Bertz CT molecular complexity index is 1770. The van der Waals surface area contributed by atoms with Crippen LogP contribution in [0.5, 0.6) is 0 Å². The van der Waals surface area contributed by atoms with Crippen LogP contribution in [0.25, 0.3) is 11.8 Å². The van der Waals surface area contributed by atoms with Gasteiger partial charge in [-0.1, -0.05) is 35.1 Å². The summed E-state index contributed by atoms with van der Waals surface area (Å²) in [5.74, 6) is -0.532. The van der Waals surface area contributed by atoms with Gasteiger partial charge in [0.25, 0.3) is 11.2 Å². The lowest BCUT2D eigenvalue weighted by Crippen LogP contribution is -2.40. The fraction of sp³-hybridized carbons (Fsp3) is 0.148. The van der Waals surface area contributed by atoms with Crippen LogP contribution in [-0.2, 0) is 9.53 Å². The molecule has 0 bridgehead atoms. The lowest BCUT2D eigenvalue weighted by molar-refractivity contribution is -0.384. The molecule has 0 saturated carbocycles. The van der Waals surface area contributed by atoms with Gasteiger partial charge in [0.1, 0.15) is 0 Å². The Morgan fingerprint density at radius 3 is 2.55 bits per heavy atom. The quantitative estimate of drug-likeness (QED) is 0.204. The number of hydrogen-bond acceptors (Lipinski definition) is 7. The van der Waals surface area contributed by atoms with Gasteiger partial charge in [-0.3, -0.25) is 19.5 Å². The van der Waals surface area contributed by atoms with Crippen molar-refractivity contribution in [2.24, 2.45) is 4.99 Å². The molecule has 9 nitrogen and oxygen atoms in total. The SMILES string of the molecule is CCOC(=O)C1=C(C)N=c2s/c(=C\c3cccn3-c3ccc([N+](=O)[O-])cc3)c(=O)n2[C@@H]1c1ccc(Cl)cc1. The van der Waals surface area contributed by atoms with Gasteiger partial charge in [0.05, 0.1) is 33.4 Å². The zero-order chi connectivity index (χ0) is 27.0. The number of carbonyl (C=O) groups excluding carboxylic acids is 1. The van der Waals surface area contributed by atoms with Gasteiger partial charge in [-0.15, -0.1) is 0 Å². The third-order valence-corrected chi connectivity index (χ3v) is 7.34. The zero-order valence-corrected chi connectivity index (χ0v) is 21.9. The third-order valence-electron chi connectivity index (χ3n) is 6.10. The van der Waals surface area contributed by atoms with Crippen molar-refractivity contribution in [1.29, 1.82) is 0 Å². The molecular formula is C27H21ClN4O5S. The maximum atomic E-state index is 13.8. The first-order chi connectivity index (χ1) is 18.3. The van der Waals surface area contributed by atoms with E-state index in [1.54, 1.807) is 56.3 Å². The van der Waals surface area contributed by atoms with Crippen LogP contribution in [0.15, 0.2) is 87.9 Å². The summed E-state index contributed by atoms with van der Waals surface area (Å²) in [6.07, 6.45) is 3.55. The third kappa shape index (κ3) is 4.59. The molecule has 3 heterocycles. The number of nitrogens with zero attached hydrogens (tertiary/aromatic N) is 4. The van der Waals surface area contributed by atoms with E-state index in [-0.39, 0.29) is 17.9 Å². The summed E-state index contributed by atoms with van der Waals surface area (Å²) < 4.78 is 9.07. The van der Waals surface area contributed by atoms with Crippen molar-refractivity contribution in [3.63, 3.8) is 0 Å². The number of halogens is 1. The molecular weight excluding hydrogens is 528 g/mol. The number of hydrogen-bond donors (Lipinski definition) is 0. The molecule has 4 aromatic rings. The van der Waals surface area contributed by atoms with E-state index < -0.39 is 16.9 Å². The molecule has 0 saturated heterocycles. The first-order valence-corrected chi connectivity index (χ1v) is 12.8. The van der Waals surface area contributed by atoms with Gasteiger partial charge in [0.15, 0.2) is 4.80 Å². The Labute approximate surface area is 225 Å². The highest BCUT2D eigenvalue weighted by Gasteiger charge is 2.33. The van der Waals surface area contributed by atoms with Crippen molar-refractivity contribution in [2.45, 2.75) is 19.9 Å². The Morgan fingerprint density at radius 1 is 1.18 bits per heavy atom. The molecule has 38 heavy (non-hydrogen) atoms. The highest BCUT2D eigenvalue weighted by atomic mass is 35.5. The second kappa shape index (κ2) is 10.2. The molecule has 0 amide bonds. The molecule has 0 N–H and O–H groups in total. The number of aromatic nitrogens is 2. The molecule has 1 aliphatic rings. The van der Waals surface area contributed by atoms with E-state index in [0.717, 1.165) is 0 Å². The highest BCUT2D eigenvalue weighted by molar-refractivity contribution is 7.07. The van der Waals surface area contributed by atoms with Crippen molar-refractivity contribution < 1.29 is 14.5 Å². The van der Waals surface area contributed by atoms with Crippen LogP contribution in [-0.4, -0.2) is 26.6 Å². The zero-order valence-electron chi connectivity index (χ0n) is 20.3. The minimum Gasteiger partial charge on any atom is -0.463 e. The van der Waals surface area contributed by atoms with Crippen molar-refractivity contribution in [3.8, 4) is 5.69 Å². The minimum atomic E-state index is -0.730. The van der Waals surface area contributed by atoms with Gasteiger partial charge in [-0.2, -0.15) is 0 Å². The fourth-order valence-corrected chi connectivity index (χ4v) is 5.53. The smallest absolute Gasteiger partial charge is 0.338 e. The van der Waals surface area contributed by atoms with E-state index in [1.807, 2.05) is 22.9 Å². The van der Waals surface area contributed by atoms with Crippen molar-refractivity contribution in [2.75, 3.05) is 6.61 Å². The van der Waals surface area contributed by atoms with Crippen LogP contribution < -0.4 is 14.9 Å². The van der Waals surface area contributed by atoms with Crippen molar-refractivity contribution in [3.05, 3.63) is 124 Å². The molecule has 1 atom stereocenters. The van der Waals surface area contributed by atoms with E-state index in [2.05, 4.69) is 4.99 Å².